The minimum absolute atomic E-state index is 0.00548. The summed E-state index contributed by atoms with van der Waals surface area (Å²) in [6.45, 7) is 23.9. The van der Waals surface area contributed by atoms with Crippen LogP contribution in [-0.2, 0) is 23.8 Å². The quantitative estimate of drug-likeness (QED) is 0.118. The first-order valence-corrected chi connectivity index (χ1v) is 22.2. The molecule has 1 aromatic heterocycles. The third-order valence-corrected chi connectivity index (χ3v) is 15.4. The van der Waals surface area contributed by atoms with Gasteiger partial charge in [0.15, 0.2) is 0 Å². The Labute approximate surface area is 344 Å². The van der Waals surface area contributed by atoms with Crippen molar-refractivity contribution in [1.29, 1.82) is 0 Å². The summed E-state index contributed by atoms with van der Waals surface area (Å²) in [5, 5.41) is 26.9. The number of nitrogens with zero attached hydrogens (tertiary/aromatic N) is 3. The first kappa shape index (κ1) is 44.0. The molecule has 0 spiro atoms. The van der Waals surface area contributed by atoms with Gasteiger partial charge in [0.25, 0.3) is 5.88 Å². The molecule has 4 saturated carbocycles. The van der Waals surface area contributed by atoms with Crippen LogP contribution >= 0.6 is 11.7 Å². The highest BCUT2D eigenvalue weighted by Crippen LogP contribution is 2.74. The zero-order chi connectivity index (χ0) is 41.5. The Morgan fingerprint density at radius 2 is 1.77 bits per heavy atom. The van der Waals surface area contributed by atoms with Crippen LogP contribution in [0.15, 0.2) is 22.8 Å². The fraction of sp³-hybridized carbons (Fsp3) is 0.818. The van der Waals surface area contributed by atoms with E-state index in [0.29, 0.717) is 81.7 Å². The van der Waals surface area contributed by atoms with Crippen LogP contribution in [0.25, 0.3) is 0 Å². The normalized spacial score (nSPS) is 36.6. The van der Waals surface area contributed by atoms with Crippen molar-refractivity contribution in [2.45, 2.75) is 151 Å². The first-order chi connectivity index (χ1) is 26.8. The molecule has 1 aromatic rings. The lowest BCUT2D eigenvalue weighted by Gasteiger charge is -2.69. The van der Waals surface area contributed by atoms with Gasteiger partial charge in [-0.25, -0.2) is 4.79 Å². The Balaban J connectivity index is 1.36. The molecule has 1 aliphatic heterocycles. The number of ether oxygens (including phenoxy) is 4. The maximum Gasteiger partial charge on any atom is 0.334 e. The number of esters is 2. The molecule has 13 heteroatoms. The number of hydrogen-bond acceptors (Lipinski definition) is 13. The minimum Gasteiger partial charge on any atom is -0.470 e. The lowest BCUT2D eigenvalue weighted by atomic mass is 9.36. The fourth-order valence-electron chi connectivity index (χ4n) is 12.0. The summed E-state index contributed by atoms with van der Waals surface area (Å²) in [5.41, 5.74) is 1.42. The zero-order valence-corrected chi connectivity index (χ0v) is 37.0. The number of morpholine rings is 1. The maximum atomic E-state index is 14.9. The van der Waals surface area contributed by atoms with Crippen molar-refractivity contribution < 1.29 is 38.7 Å². The number of aliphatic hydroxyl groups excluding tert-OH is 2. The number of allylic oxidation sites excluding steroid dienone is 2. The highest BCUT2D eigenvalue weighted by Gasteiger charge is 2.71. The van der Waals surface area contributed by atoms with Crippen LogP contribution in [-0.4, -0.2) is 100 Å². The second-order valence-corrected chi connectivity index (χ2v) is 20.3. The van der Waals surface area contributed by atoms with Gasteiger partial charge in [0.1, 0.15) is 18.8 Å². The van der Waals surface area contributed by atoms with Gasteiger partial charge in [0.2, 0.25) is 5.82 Å². The van der Waals surface area contributed by atoms with Crippen molar-refractivity contribution in [3.63, 3.8) is 0 Å². The minimum atomic E-state index is -0.673. The molecule has 1 saturated heterocycles. The molecular weight excluding hydrogens is 745 g/mol. The summed E-state index contributed by atoms with van der Waals surface area (Å²) in [6.07, 6.45) is 5.43. The van der Waals surface area contributed by atoms with Crippen LogP contribution in [0.4, 0.5) is 5.82 Å². The standard InChI is InChI=1S/C44H70N4O8S/c1-26(2)12-11-13-30(40(52)56-29(24-45-41(5,6)7)25-54-39-38(46-57-47-39)48-18-20-53-21-19-48)36-32-22-34(51)37-42(8)16-15-33(50)27(3)31(42)14-17-43(37,9)44(32,10)23-35(36)55-28(4)49/h12,27,29,31-35,37,45,50-51H,11,13-25H2,1-10H3/b36-30-/t27-,29?,31-,32-,33+,34+,35-,37-,42-,43-,44-/m0/s1. The monoisotopic (exact) mass is 814 g/mol. The number of carbonyl (C=O) groups excluding carboxylic acids is 2. The molecule has 320 valence electrons. The number of aliphatic hydroxyl groups is 2. The average Bonchev–Trinajstić information content (AvgIpc) is 3.71. The average molecular weight is 815 g/mol. The lowest BCUT2D eigenvalue weighted by Crippen LogP contribution is -2.65. The predicted octanol–water partition coefficient (Wildman–Crippen LogP) is 6.65. The van der Waals surface area contributed by atoms with E-state index >= 15 is 0 Å². The van der Waals surface area contributed by atoms with Gasteiger partial charge in [-0.05, 0) is 131 Å². The largest absolute Gasteiger partial charge is 0.470 e. The van der Waals surface area contributed by atoms with Crippen LogP contribution < -0.4 is 15.0 Å². The molecule has 0 bridgehead atoms. The van der Waals surface area contributed by atoms with Crippen molar-refractivity contribution in [3.05, 3.63) is 22.8 Å². The SMILES string of the molecule is CC(=O)O[C@H]1C[C@@]2(C)[C@@H](C[C@@H](O)[C@H]3[C@@]4(C)CC[C@@H](O)[C@@H](C)[C@@H]4CC[C@@]32C)/C1=C(\CCC=C(C)C)C(=O)OC(CNC(C)(C)C)COc1nsnc1N1CCOCC1. The van der Waals surface area contributed by atoms with Crippen molar-refractivity contribution in [3.8, 4) is 5.88 Å². The summed E-state index contributed by atoms with van der Waals surface area (Å²) in [4.78, 5) is 29.9. The molecule has 2 heterocycles. The number of fused-ring (bicyclic) bond motifs is 5. The Morgan fingerprint density at radius 3 is 2.44 bits per heavy atom. The van der Waals surface area contributed by atoms with E-state index in [9.17, 15) is 19.8 Å². The molecule has 12 nitrogen and oxygen atoms in total. The number of rotatable bonds is 12. The van der Waals surface area contributed by atoms with E-state index in [2.05, 4.69) is 73.5 Å². The van der Waals surface area contributed by atoms with Gasteiger partial charge in [-0.15, -0.1) is 4.37 Å². The molecule has 3 N–H and O–H groups in total. The second-order valence-electron chi connectivity index (χ2n) is 19.8. The number of aromatic nitrogens is 2. The molecule has 0 radical (unpaired) electrons. The molecule has 11 atom stereocenters. The van der Waals surface area contributed by atoms with E-state index in [1.165, 1.54) is 6.92 Å². The van der Waals surface area contributed by atoms with E-state index in [-0.39, 0.29) is 52.2 Å². The van der Waals surface area contributed by atoms with E-state index < -0.39 is 30.3 Å². The van der Waals surface area contributed by atoms with Gasteiger partial charge >= 0.3 is 11.9 Å². The number of nitrogens with one attached hydrogen (secondary N) is 1. The summed E-state index contributed by atoms with van der Waals surface area (Å²) in [6, 6.07) is 0. The highest BCUT2D eigenvalue weighted by molar-refractivity contribution is 6.99. The second kappa shape index (κ2) is 17.2. The van der Waals surface area contributed by atoms with Gasteiger partial charge in [0, 0.05) is 37.7 Å². The van der Waals surface area contributed by atoms with Gasteiger partial charge in [0.05, 0.1) is 37.1 Å². The Morgan fingerprint density at radius 1 is 1.05 bits per heavy atom. The van der Waals surface area contributed by atoms with Crippen molar-refractivity contribution >= 4 is 29.5 Å². The maximum absolute atomic E-state index is 14.9. The molecule has 6 rings (SSSR count). The van der Waals surface area contributed by atoms with Crippen molar-refractivity contribution in [2.24, 2.45) is 39.9 Å². The van der Waals surface area contributed by atoms with Crippen LogP contribution in [0, 0.1) is 39.9 Å². The summed E-state index contributed by atoms with van der Waals surface area (Å²) < 4.78 is 33.5. The number of carbonyl (C=O) groups is 2. The van der Waals surface area contributed by atoms with Crippen LogP contribution in [0.3, 0.4) is 0 Å². The molecule has 5 fully saturated rings. The Bertz CT molecular complexity index is 1660. The van der Waals surface area contributed by atoms with Crippen molar-refractivity contribution in [2.75, 3.05) is 44.4 Å². The zero-order valence-electron chi connectivity index (χ0n) is 36.2. The third kappa shape index (κ3) is 8.84. The topological polar surface area (TPSA) is 153 Å². The van der Waals surface area contributed by atoms with Crippen LogP contribution in [0.2, 0.25) is 0 Å². The first-order valence-electron chi connectivity index (χ1n) is 21.4. The molecule has 57 heavy (non-hydrogen) atoms. The van der Waals surface area contributed by atoms with Crippen molar-refractivity contribution in [1.82, 2.24) is 14.1 Å². The highest BCUT2D eigenvalue weighted by atomic mass is 32.1. The molecular formula is C44H70N4O8S. The summed E-state index contributed by atoms with van der Waals surface area (Å²) in [7, 11) is 0. The molecule has 0 aromatic carbocycles. The van der Waals surface area contributed by atoms with Gasteiger partial charge in [-0.2, -0.15) is 4.37 Å². The Hall–Kier alpha value is -2.58. The fourth-order valence-corrected chi connectivity index (χ4v) is 12.5. The predicted molar refractivity (Wildman–Crippen MR) is 221 cm³/mol. The third-order valence-electron chi connectivity index (χ3n) is 14.8. The van der Waals surface area contributed by atoms with Crippen LogP contribution in [0.5, 0.6) is 5.88 Å². The summed E-state index contributed by atoms with van der Waals surface area (Å²) >= 11 is 1.09. The van der Waals surface area contributed by atoms with E-state index in [1.54, 1.807) is 0 Å². The smallest absolute Gasteiger partial charge is 0.334 e. The number of hydrogen-bond donors (Lipinski definition) is 3. The number of anilines is 1. The van der Waals surface area contributed by atoms with Crippen LogP contribution in [0.1, 0.15) is 121 Å². The van der Waals surface area contributed by atoms with E-state index in [4.69, 9.17) is 18.9 Å². The van der Waals surface area contributed by atoms with Gasteiger partial charge in [-0.3, -0.25) is 4.79 Å². The molecule has 4 aliphatic carbocycles. The lowest BCUT2D eigenvalue weighted by molar-refractivity contribution is -0.234. The van der Waals surface area contributed by atoms with Gasteiger partial charge in [-0.1, -0.05) is 39.3 Å². The summed E-state index contributed by atoms with van der Waals surface area (Å²) in [5.74, 6) is 0.526. The molecule has 5 aliphatic rings. The molecule has 1 unspecified atom stereocenters. The van der Waals surface area contributed by atoms with Gasteiger partial charge < -0.3 is 39.4 Å². The van der Waals surface area contributed by atoms with E-state index in [1.807, 2.05) is 13.8 Å². The Kier molecular flexibility index (Phi) is 13.3. The molecule has 0 amide bonds. The van der Waals surface area contributed by atoms with E-state index in [0.717, 1.165) is 48.6 Å².